The highest BCUT2D eigenvalue weighted by Crippen LogP contribution is 2.19. The number of fused-ring (bicyclic) bond motifs is 1. The Kier molecular flexibility index (Phi) is 4.22. The van der Waals surface area contributed by atoms with Crippen LogP contribution >= 0.6 is 0 Å². The second-order valence-corrected chi connectivity index (χ2v) is 6.53. The highest BCUT2D eigenvalue weighted by Gasteiger charge is 2.16. The fourth-order valence-corrected chi connectivity index (χ4v) is 3.47. The van der Waals surface area contributed by atoms with E-state index in [0.717, 1.165) is 23.6 Å². The topological polar surface area (TPSA) is 46.2 Å². The van der Waals surface area contributed by atoms with E-state index in [4.69, 9.17) is 0 Å². The molecule has 0 saturated carbocycles. The van der Waals surface area contributed by atoms with Crippen LogP contribution in [0.2, 0.25) is 0 Å². The van der Waals surface area contributed by atoms with Gasteiger partial charge in [0.05, 0.1) is 4.90 Å². The van der Waals surface area contributed by atoms with Crippen LogP contribution in [0.25, 0.3) is 10.8 Å². The third-order valence-electron chi connectivity index (χ3n) is 3.11. The van der Waals surface area contributed by atoms with Crippen molar-refractivity contribution in [3.8, 4) is 0 Å². The van der Waals surface area contributed by atoms with Crippen LogP contribution in [0.1, 0.15) is 26.7 Å². The molecule has 4 heteroatoms. The van der Waals surface area contributed by atoms with Crippen molar-refractivity contribution in [2.24, 2.45) is 0 Å². The highest BCUT2D eigenvalue weighted by molar-refractivity contribution is 7.89. The fraction of sp³-hybridized carbons (Fsp3) is 0.333. The number of hydrogen-bond acceptors (Lipinski definition) is 2. The number of rotatable bonds is 5. The van der Waals surface area contributed by atoms with Crippen molar-refractivity contribution < 1.29 is 8.42 Å². The maximum Gasteiger partial charge on any atom is 0.240 e. The van der Waals surface area contributed by atoms with Crippen molar-refractivity contribution in [2.45, 2.75) is 37.6 Å². The molecular formula is C15H19NO2S. The normalized spacial score (nSPS) is 13.6. The summed E-state index contributed by atoms with van der Waals surface area (Å²) in [5, 5.41) is 1.98. The van der Waals surface area contributed by atoms with Gasteiger partial charge in [0, 0.05) is 6.04 Å². The van der Waals surface area contributed by atoms with Crippen LogP contribution in [0.15, 0.2) is 47.4 Å². The van der Waals surface area contributed by atoms with E-state index < -0.39 is 10.0 Å². The van der Waals surface area contributed by atoms with E-state index in [9.17, 15) is 8.42 Å². The Hall–Kier alpha value is -1.39. The second-order valence-electron chi connectivity index (χ2n) is 4.82. The van der Waals surface area contributed by atoms with Crippen LogP contribution in [-0.2, 0) is 10.0 Å². The van der Waals surface area contributed by atoms with E-state index in [1.165, 1.54) is 0 Å². The van der Waals surface area contributed by atoms with Gasteiger partial charge in [0.15, 0.2) is 0 Å². The van der Waals surface area contributed by atoms with Crippen LogP contribution in [-0.4, -0.2) is 14.5 Å². The summed E-state index contributed by atoms with van der Waals surface area (Å²) in [4.78, 5) is 0.328. The SMILES string of the molecule is CCC[C@H](C)NS(=O)(=O)c1ccc2ccccc2c1. The zero-order valence-electron chi connectivity index (χ0n) is 11.3. The maximum absolute atomic E-state index is 12.2. The molecule has 0 aliphatic rings. The summed E-state index contributed by atoms with van der Waals surface area (Å²) in [5.74, 6) is 0. The Labute approximate surface area is 114 Å². The van der Waals surface area contributed by atoms with Crippen molar-refractivity contribution in [3.63, 3.8) is 0 Å². The molecular weight excluding hydrogens is 258 g/mol. The Morgan fingerprint density at radius 1 is 1.11 bits per heavy atom. The van der Waals surface area contributed by atoms with E-state index in [1.54, 1.807) is 12.1 Å². The summed E-state index contributed by atoms with van der Waals surface area (Å²) in [7, 11) is -3.42. The van der Waals surface area contributed by atoms with Gasteiger partial charge in [0.2, 0.25) is 10.0 Å². The second kappa shape index (κ2) is 5.72. The monoisotopic (exact) mass is 277 g/mol. The maximum atomic E-state index is 12.2. The summed E-state index contributed by atoms with van der Waals surface area (Å²) in [6.45, 7) is 3.93. The molecule has 0 bridgehead atoms. The molecule has 2 aromatic carbocycles. The minimum atomic E-state index is -3.42. The molecule has 0 amide bonds. The molecule has 19 heavy (non-hydrogen) atoms. The third kappa shape index (κ3) is 3.33. The van der Waals surface area contributed by atoms with E-state index >= 15 is 0 Å². The molecule has 0 spiro atoms. The van der Waals surface area contributed by atoms with E-state index in [-0.39, 0.29) is 6.04 Å². The first-order valence-corrected chi connectivity index (χ1v) is 8.02. The summed E-state index contributed by atoms with van der Waals surface area (Å²) in [6.07, 6.45) is 1.80. The quantitative estimate of drug-likeness (QED) is 0.911. The number of benzene rings is 2. The molecule has 0 radical (unpaired) electrons. The van der Waals surface area contributed by atoms with Gasteiger partial charge in [-0.05, 0) is 36.2 Å². The van der Waals surface area contributed by atoms with Crippen LogP contribution in [0, 0.1) is 0 Å². The molecule has 2 rings (SSSR count). The van der Waals surface area contributed by atoms with Gasteiger partial charge in [0.25, 0.3) is 0 Å². The van der Waals surface area contributed by atoms with Gasteiger partial charge in [-0.2, -0.15) is 0 Å². The van der Waals surface area contributed by atoms with Gasteiger partial charge in [0.1, 0.15) is 0 Å². The Morgan fingerprint density at radius 2 is 1.79 bits per heavy atom. The largest absolute Gasteiger partial charge is 0.240 e. The van der Waals surface area contributed by atoms with Gasteiger partial charge in [-0.25, -0.2) is 13.1 Å². The molecule has 0 aromatic heterocycles. The lowest BCUT2D eigenvalue weighted by Crippen LogP contribution is -2.32. The predicted octanol–water partition coefficient (Wildman–Crippen LogP) is 3.31. The molecule has 102 valence electrons. The zero-order valence-corrected chi connectivity index (χ0v) is 12.1. The summed E-state index contributed by atoms with van der Waals surface area (Å²) in [6, 6.07) is 12.9. The Balaban J connectivity index is 2.32. The van der Waals surface area contributed by atoms with Gasteiger partial charge < -0.3 is 0 Å². The average molecular weight is 277 g/mol. The molecule has 0 unspecified atom stereocenters. The molecule has 0 saturated heterocycles. The third-order valence-corrected chi connectivity index (χ3v) is 4.70. The lowest BCUT2D eigenvalue weighted by molar-refractivity contribution is 0.544. The molecule has 2 aromatic rings. The van der Waals surface area contributed by atoms with Crippen molar-refractivity contribution in [2.75, 3.05) is 0 Å². The van der Waals surface area contributed by atoms with Crippen molar-refractivity contribution in [3.05, 3.63) is 42.5 Å². The van der Waals surface area contributed by atoms with Gasteiger partial charge in [-0.3, -0.25) is 0 Å². The van der Waals surface area contributed by atoms with Gasteiger partial charge >= 0.3 is 0 Å². The van der Waals surface area contributed by atoms with Crippen LogP contribution in [0.5, 0.6) is 0 Å². The standard InChI is InChI=1S/C15H19NO2S/c1-3-6-12(2)16-19(17,18)15-10-9-13-7-4-5-8-14(13)11-15/h4-5,7-12,16H,3,6H2,1-2H3/t12-/m0/s1. The van der Waals surface area contributed by atoms with Gasteiger partial charge in [-0.1, -0.05) is 43.7 Å². The first-order chi connectivity index (χ1) is 9.03. The van der Waals surface area contributed by atoms with Crippen molar-refractivity contribution in [1.82, 2.24) is 4.72 Å². The van der Waals surface area contributed by atoms with E-state index in [0.29, 0.717) is 4.90 Å². The summed E-state index contributed by atoms with van der Waals surface area (Å²) in [5.41, 5.74) is 0. The first-order valence-electron chi connectivity index (χ1n) is 6.54. The lowest BCUT2D eigenvalue weighted by atomic mass is 10.1. The van der Waals surface area contributed by atoms with E-state index in [2.05, 4.69) is 4.72 Å². The van der Waals surface area contributed by atoms with Crippen molar-refractivity contribution in [1.29, 1.82) is 0 Å². The van der Waals surface area contributed by atoms with Crippen LogP contribution in [0.4, 0.5) is 0 Å². The fourth-order valence-electron chi connectivity index (χ4n) is 2.16. The Bertz CT molecular complexity index is 665. The number of sulfonamides is 1. The molecule has 0 fully saturated rings. The first kappa shape index (κ1) is 14.0. The minimum absolute atomic E-state index is 0.0403. The molecule has 1 N–H and O–H groups in total. The number of hydrogen-bond donors (Lipinski definition) is 1. The summed E-state index contributed by atoms with van der Waals surface area (Å²) < 4.78 is 27.2. The van der Waals surface area contributed by atoms with Crippen LogP contribution < -0.4 is 4.72 Å². The van der Waals surface area contributed by atoms with E-state index in [1.807, 2.05) is 44.2 Å². The predicted molar refractivity (Wildman–Crippen MR) is 78.6 cm³/mol. The molecule has 1 atom stereocenters. The zero-order chi connectivity index (χ0) is 13.9. The smallest absolute Gasteiger partial charge is 0.208 e. The summed E-state index contributed by atoms with van der Waals surface area (Å²) >= 11 is 0. The Morgan fingerprint density at radius 3 is 2.47 bits per heavy atom. The number of nitrogens with one attached hydrogen (secondary N) is 1. The average Bonchev–Trinajstić information content (AvgIpc) is 2.37. The molecule has 0 aliphatic carbocycles. The minimum Gasteiger partial charge on any atom is -0.208 e. The lowest BCUT2D eigenvalue weighted by Gasteiger charge is -2.13. The molecule has 0 heterocycles. The highest BCUT2D eigenvalue weighted by atomic mass is 32.2. The molecule has 0 aliphatic heterocycles. The van der Waals surface area contributed by atoms with Crippen molar-refractivity contribution >= 4 is 20.8 Å². The molecule has 3 nitrogen and oxygen atoms in total. The van der Waals surface area contributed by atoms with Crippen LogP contribution in [0.3, 0.4) is 0 Å². The van der Waals surface area contributed by atoms with Gasteiger partial charge in [-0.15, -0.1) is 0 Å².